The number of amides is 1. The maximum atomic E-state index is 12.3. The summed E-state index contributed by atoms with van der Waals surface area (Å²) >= 11 is 1.43. The molecule has 3 rings (SSSR count). The van der Waals surface area contributed by atoms with Crippen molar-refractivity contribution in [3.05, 3.63) is 29.7 Å². The van der Waals surface area contributed by atoms with Gasteiger partial charge in [0.15, 0.2) is 0 Å². The zero-order chi connectivity index (χ0) is 14.2. The Labute approximate surface area is 145 Å². The van der Waals surface area contributed by atoms with Crippen LogP contribution < -0.4 is 11.1 Å². The van der Waals surface area contributed by atoms with Gasteiger partial charge in [-0.15, -0.1) is 36.2 Å². The van der Waals surface area contributed by atoms with E-state index < -0.39 is 0 Å². The molecule has 0 aliphatic heterocycles. The molecule has 8 heteroatoms. The van der Waals surface area contributed by atoms with Crippen molar-refractivity contribution >= 4 is 42.1 Å². The van der Waals surface area contributed by atoms with Crippen LogP contribution in [0.5, 0.6) is 0 Å². The summed E-state index contributed by atoms with van der Waals surface area (Å²) in [6, 6.07) is 1.83. The summed E-state index contributed by atoms with van der Waals surface area (Å²) in [7, 11) is 0. The summed E-state index contributed by atoms with van der Waals surface area (Å²) in [5.74, 6) is 0.333. The van der Waals surface area contributed by atoms with Gasteiger partial charge >= 0.3 is 0 Å². The summed E-state index contributed by atoms with van der Waals surface area (Å²) in [6.07, 6.45) is 5.47. The van der Waals surface area contributed by atoms with Crippen LogP contribution >= 0.6 is 36.2 Å². The van der Waals surface area contributed by atoms with Crippen LogP contribution in [0.15, 0.2) is 28.4 Å². The molecule has 1 aliphatic carbocycles. The molecule has 3 N–H and O–H groups in total. The van der Waals surface area contributed by atoms with Crippen molar-refractivity contribution in [1.29, 1.82) is 0 Å². The number of halogens is 2. The van der Waals surface area contributed by atoms with Gasteiger partial charge < -0.3 is 15.5 Å². The maximum Gasteiger partial charge on any atom is 0.271 e. The Hall–Kier alpha value is -1.08. The Balaban J connectivity index is 0.00000121. The number of thiazole rings is 1. The normalized spacial score (nSPS) is 16.1. The summed E-state index contributed by atoms with van der Waals surface area (Å²) in [5.41, 5.74) is 6.81. The fourth-order valence-corrected chi connectivity index (χ4v) is 3.05. The Morgan fingerprint density at radius 1 is 1.55 bits per heavy atom. The van der Waals surface area contributed by atoms with Gasteiger partial charge in [-0.25, -0.2) is 4.98 Å². The number of hydrogen-bond donors (Lipinski definition) is 2. The molecular formula is C14H19Cl2N3O2S. The minimum Gasteiger partial charge on any atom is -0.472 e. The Kier molecular flexibility index (Phi) is 6.43. The van der Waals surface area contributed by atoms with Crippen LogP contribution in [0.25, 0.3) is 10.6 Å². The highest BCUT2D eigenvalue weighted by Gasteiger charge is 2.41. The van der Waals surface area contributed by atoms with Gasteiger partial charge in [0.2, 0.25) is 0 Å². The lowest BCUT2D eigenvalue weighted by Crippen LogP contribution is -2.53. The third-order valence-electron chi connectivity index (χ3n) is 3.81. The molecule has 2 heterocycles. The molecule has 1 unspecified atom stereocenters. The number of rotatable bonds is 5. The van der Waals surface area contributed by atoms with Crippen molar-refractivity contribution in [3.8, 4) is 10.6 Å². The van der Waals surface area contributed by atoms with Crippen molar-refractivity contribution < 1.29 is 9.21 Å². The van der Waals surface area contributed by atoms with E-state index in [1.54, 1.807) is 17.9 Å². The minimum atomic E-state index is -0.323. The van der Waals surface area contributed by atoms with Gasteiger partial charge in [-0.3, -0.25) is 4.79 Å². The minimum absolute atomic E-state index is 0. The third kappa shape index (κ3) is 3.81. The largest absolute Gasteiger partial charge is 0.472 e. The zero-order valence-electron chi connectivity index (χ0n) is 12.1. The van der Waals surface area contributed by atoms with E-state index in [2.05, 4.69) is 10.3 Å². The molecule has 2 aromatic heterocycles. The number of nitrogens with one attached hydrogen (secondary N) is 1. The van der Waals surface area contributed by atoms with E-state index in [0.717, 1.165) is 23.4 Å². The number of carbonyl (C=O) groups excluding carboxylic acids is 1. The average molecular weight is 364 g/mol. The predicted octanol–water partition coefficient (Wildman–Crippen LogP) is 3.10. The number of carbonyl (C=O) groups is 1. The monoisotopic (exact) mass is 363 g/mol. The molecule has 122 valence electrons. The molecule has 1 saturated carbocycles. The standard InChI is InChI=1S/C14H17N3O2S.2ClH/c1-14(8-15,10-2-3-10)17-12(18)11-7-20-13(16-11)9-4-5-19-6-9;;/h4-7,10H,2-3,8,15H2,1H3,(H,17,18);2*1H. The van der Waals surface area contributed by atoms with Crippen LogP contribution in [0.3, 0.4) is 0 Å². The van der Waals surface area contributed by atoms with Crippen LogP contribution in [0.4, 0.5) is 0 Å². The number of nitrogens with two attached hydrogens (primary N) is 1. The van der Waals surface area contributed by atoms with Crippen LogP contribution in [-0.2, 0) is 0 Å². The highest BCUT2D eigenvalue weighted by molar-refractivity contribution is 7.13. The molecule has 0 saturated heterocycles. The highest BCUT2D eigenvalue weighted by Crippen LogP contribution is 2.39. The van der Waals surface area contributed by atoms with Crippen molar-refractivity contribution in [2.24, 2.45) is 11.7 Å². The van der Waals surface area contributed by atoms with Crippen LogP contribution in [0.2, 0.25) is 0 Å². The van der Waals surface area contributed by atoms with Crippen molar-refractivity contribution in [2.75, 3.05) is 6.54 Å². The summed E-state index contributed by atoms with van der Waals surface area (Å²) in [6.45, 7) is 2.45. The zero-order valence-corrected chi connectivity index (χ0v) is 14.5. The molecule has 1 fully saturated rings. The van der Waals surface area contributed by atoms with E-state index in [1.807, 2.05) is 13.0 Å². The van der Waals surface area contributed by atoms with Crippen molar-refractivity contribution in [2.45, 2.75) is 25.3 Å². The predicted molar refractivity (Wildman–Crippen MR) is 92.0 cm³/mol. The Bertz CT molecular complexity index is 613. The summed E-state index contributed by atoms with van der Waals surface area (Å²) in [4.78, 5) is 16.6. The Morgan fingerprint density at radius 3 is 2.82 bits per heavy atom. The first kappa shape index (κ1) is 19.0. The molecule has 22 heavy (non-hydrogen) atoms. The molecule has 5 nitrogen and oxygen atoms in total. The van der Waals surface area contributed by atoms with Gasteiger partial charge in [0.1, 0.15) is 17.0 Å². The maximum absolute atomic E-state index is 12.3. The summed E-state index contributed by atoms with van der Waals surface area (Å²) < 4.78 is 5.03. The van der Waals surface area contributed by atoms with E-state index >= 15 is 0 Å². The van der Waals surface area contributed by atoms with Crippen molar-refractivity contribution in [3.63, 3.8) is 0 Å². The van der Waals surface area contributed by atoms with Gasteiger partial charge in [-0.05, 0) is 31.7 Å². The van der Waals surface area contributed by atoms with E-state index in [1.165, 1.54) is 11.3 Å². The first-order valence-corrected chi connectivity index (χ1v) is 7.51. The van der Waals surface area contributed by atoms with E-state index in [4.69, 9.17) is 10.2 Å². The van der Waals surface area contributed by atoms with Crippen molar-refractivity contribution in [1.82, 2.24) is 10.3 Å². The second kappa shape index (κ2) is 7.46. The molecule has 0 radical (unpaired) electrons. The van der Waals surface area contributed by atoms with Crippen LogP contribution in [0, 0.1) is 5.92 Å². The molecule has 1 aliphatic rings. The number of nitrogens with zero attached hydrogens (tertiary/aromatic N) is 1. The average Bonchev–Trinajstić information content (AvgIpc) is 2.97. The molecule has 0 spiro atoms. The highest BCUT2D eigenvalue weighted by atomic mass is 35.5. The number of furan rings is 1. The first-order chi connectivity index (χ1) is 9.62. The lowest BCUT2D eigenvalue weighted by atomic mass is 9.96. The Morgan fingerprint density at radius 2 is 2.27 bits per heavy atom. The van der Waals surface area contributed by atoms with E-state index in [9.17, 15) is 4.79 Å². The third-order valence-corrected chi connectivity index (χ3v) is 4.70. The molecule has 0 aromatic carbocycles. The second-order valence-electron chi connectivity index (χ2n) is 5.40. The molecule has 0 bridgehead atoms. The number of hydrogen-bond acceptors (Lipinski definition) is 5. The van der Waals surface area contributed by atoms with Crippen LogP contribution in [-0.4, -0.2) is 23.0 Å². The quantitative estimate of drug-likeness (QED) is 0.854. The van der Waals surface area contributed by atoms with Crippen LogP contribution in [0.1, 0.15) is 30.3 Å². The van der Waals surface area contributed by atoms with E-state index in [-0.39, 0.29) is 36.3 Å². The fraction of sp³-hybridized carbons (Fsp3) is 0.429. The lowest BCUT2D eigenvalue weighted by molar-refractivity contribution is 0.0893. The molecular weight excluding hydrogens is 345 g/mol. The van der Waals surface area contributed by atoms with Gasteiger partial charge in [-0.2, -0.15) is 0 Å². The topological polar surface area (TPSA) is 81.1 Å². The van der Waals surface area contributed by atoms with Gasteiger partial charge in [0, 0.05) is 17.5 Å². The SMILES string of the molecule is CC(CN)(NC(=O)c1csc(-c2ccoc2)n1)C1CC1.Cl.Cl. The second-order valence-corrected chi connectivity index (χ2v) is 6.26. The van der Waals surface area contributed by atoms with Gasteiger partial charge in [-0.1, -0.05) is 0 Å². The molecule has 1 amide bonds. The first-order valence-electron chi connectivity index (χ1n) is 6.63. The van der Waals surface area contributed by atoms with Gasteiger partial charge in [0.05, 0.1) is 11.8 Å². The number of aromatic nitrogens is 1. The van der Waals surface area contributed by atoms with E-state index in [0.29, 0.717) is 18.2 Å². The fourth-order valence-electron chi connectivity index (χ4n) is 2.26. The molecule has 2 aromatic rings. The smallest absolute Gasteiger partial charge is 0.271 e. The summed E-state index contributed by atoms with van der Waals surface area (Å²) in [5, 5.41) is 5.58. The lowest BCUT2D eigenvalue weighted by Gasteiger charge is -2.29. The van der Waals surface area contributed by atoms with Gasteiger partial charge in [0.25, 0.3) is 5.91 Å². The molecule has 1 atom stereocenters.